The molecule has 1 aromatic carbocycles. The van der Waals surface area contributed by atoms with Gasteiger partial charge in [-0.2, -0.15) is 0 Å². The summed E-state index contributed by atoms with van der Waals surface area (Å²) >= 11 is 0. The third-order valence-electron chi connectivity index (χ3n) is 5.18. The molecule has 1 heterocycles. The lowest BCUT2D eigenvalue weighted by molar-refractivity contribution is -0.158. The summed E-state index contributed by atoms with van der Waals surface area (Å²) in [6.07, 6.45) is 3.64. The van der Waals surface area contributed by atoms with E-state index in [-0.39, 0.29) is 11.8 Å². The standard InChI is InChI=1S/C21H24N2O6/c1-12-8-9-17(28-3)16(10-12)22-19(25)13(2)29-18(24)11-23-20(26)14-6-4-5-7-15(14)21(23)27/h4-5,8-10,13-15H,6-7,11H2,1-3H3,(H,22,25)/t13-,14-,15-/m0/s1. The molecule has 3 amide bonds. The summed E-state index contributed by atoms with van der Waals surface area (Å²) < 4.78 is 10.4. The highest BCUT2D eigenvalue weighted by Gasteiger charge is 2.47. The molecule has 0 saturated carbocycles. The Balaban J connectivity index is 1.58. The number of ether oxygens (including phenoxy) is 2. The molecule has 1 aromatic rings. The Kier molecular flexibility index (Phi) is 6.00. The summed E-state index contributed by atoms with van der Waals surface area (Å²) in [5.74, 6) is -2.40. The number of methoxy groups -OCH3 is 1. The van der Waals surface area contributed by atoms with Crippen LogP contribution in [0.5, 0.6) is 5.75 Å². The van der Waals surface area contributed by atoms with Gasteiger partial charge in [0.25, 0.3) is 5.91 Å². The number of aryl methyl sites for hydroxylation is 1. The Labute approximate surface area is 168 Å². The van der Waals surface area contributed by atoms with Crippen molar-refractivity contribution in [2.24, 2.45) is 11.8 Å². The largest absolute Gasteiger partial charge is 0.495 e. The highest BCUT2D eigenvalue weighted by atomic mass is 16.5. The highest BCUT2D eigenvalue weighted by Crippen LogP contribution is 2.34. The van der Waals surface area contributed by atoms with E-state index in [1.165, 1.54) is 14.0 Å². The van der Waals surface area contributed by atoms with E-state index in [0.29, 0.717) is 24.3 Å². The van der Waals surface area contributed by atoms with E-state index in [4.69, 9.17) is 9.47 Å². The number of benzene rings is 1. The Morgan fingerprint density at radius 3 is 2.38 bits per heavy atom. The fourth-order valence-corrected chi connectivity index (χ4v) is 3.60. The molecule has 1 saturated heterocycles. The number of rotatable bonds is 6. The predicted octanol–water partition coefficient (Wildman–Crippen LogP) is 1.83. The van der Waals surface area contributed by atoms with Crippen molar-refractivity contribution >= 4 is 29.4 Å². The lowest BCUT2D eigenvalue weighted by Crippen LogP contribution is -2.39. The predicted molar refractivity (Wildman–Crippen MR) is 104 cm³/mol. The van der Waals surface area contributed by atoms with Gasteiger partial charge in [0, 0.05) is 0 Å². The smallest absolute Gasteiger partial charge is 0.326 e. The van der Waals surface area contributed by atoms with Gasteiger partial charge in [0.05, 0.1) is 24.6 Å². The van der Waals surface area contributed by atoms with Gasteiger partial charge in [-0.05, 0) is 44.4 Å². The van der Waals surface area contributed by atoms with Crippen LogP contribution in [0.4, 0.5) is 5.69 Å². The average molecular weight is 400 g/mol. The molecule has 1 N–H and O–H groups in total. The molecule has 0 spiro atoms. The van der Waals surface area contributed by atoms with Crippen molar-refractivity contribution in [2.75, 3.05) is 19.0 Å². The zero-order valence-corrected chi connectivity index (χ0v) is 16.6. The van der Waals surface area contributed by atoms with Crippen LogP contribution in [0.25, 0.3) is 0 Å². The monoisotopic (exact) mass is 400 g/mol. The van der Waals surface area contributed by atoms with Gasteiger partial charge in [-0.15, -0.1) is 0 Å². The molecule has 0 aromatic heterocycles. The van der Waals surface area contributed by atoms with Gasteiger partial charge in [0.15, 0.2) is 6.10 Å². The number of hydrogen-bond acceptors (Lipinski definition) is 6. The quantitative estimate of drug-likeness (QED) is 0.444. The number of imide groups is 1. The van der Waals surface area contributed by atoms with E-state index in [0.717, 1.165) is 10.5 Å². The van der Waals surface area contributed by atoms with Crippen molar-refractivity contribution in [2.45, 2.75) is 32.8 Å². The first-order valence-corrected chi connectivity index (χ1v) is 9.47. The van der Waals surface area contributed by atoms with Crippen molar-refractivity contribution in [3.8, 4) is 5.75 Å². The number of anilines is 1. The van der Waals surface area contributed by atoms with Gasteiger partial charge in [-0.1, -0.05) is 18.2 Å². The molecule has 1 fully saturated rings. The molecule has 154 valence electrons. The third-order valence-corrected chi connectivity index (χ3v) is 5.18. The number of nitrogens with zero attached hydrogens (tertiary/aromatic N) is 1. The zero-order chi connectivity index (χ0) is 21.1. The van der Waals surface area contributed by atoms with Crippen molar-refractivity contribution in [3.05, 3.63) is 35.9 Å². The molecular weight excluding hydrogens is 376 g/mol. The van der Waals surface area contributed by atoms with E-state index >= 15 is 0 Å². The van der Waals surface area contributed by atoms with Crippen LogP contribution >= 0.6 is 0 Å². The van der Waals surface area contributed by atoms with Crippen LogP contribution in [0, 0.1) is 18.8 Å². The molecule has 29 heavy (non-hydrogen) atoms. The van der Waals surface area contributed by atoms with E-state index < -0.39 is 36.4 Å². The first-order valence-electron chi connectivity index (χ1n) is 9.47. The molecule has 3 rings (SSSR count). The molecule has 1 aliphatic carbocycles. The Hall–Kier alpha value is -3.16. The maximum atomic E-state index is 12.4. The maximum absolute atomic E-state index is 12.4. The number of esters is 1. The van der Waals surface area contributed by atoms with Gasteiger partial charge in [0.2, 0.25) is 11.8 Å². The minimum Gasteiger partial charge on any atom is -0.495 e. The molecule has 1 aliphatic heterocycles. The Morgan fingerprint density at radius 1 is 1.17 bits per heavy atom. The van der Waals surface area contributed by atoms with E-state index in [9.17, 15) is 19.2 Å². The first kappa shape index (κ1) is 20.6. The van der Waals surface area contributed by atoms with Crippen molar-refractivity contribution in [1.29, 1.82) is 0 Å². The van der Waals surface area contributed by atoms with Gasteiger partial charge in [-0.3, -0.25) is 24.1 Å². The van der Waals surface area contributed by atoms with Crippen LogP contribution in [0.15, 0.2) is 30.4 Å². The second-order valence-corrected chi connectivity index (χ2v) is 7.24. The minimum absolute atomic E-state index is 0.358. The number of carbonyl (C=O) groups excluding carboxylic acids is 4. The summed E-state index contributed by atoms with van der Waals surface area (Å²) in [6, 6.07) is 5.30. The van der Waals surface area contributed by atoms with Gasteiger partial charge in [0.1, 0.15) is 12.3 Å². The van der Waals surface area contributed by atoms with E-state index in [1.54, 1.807) is 12.1 Å². The number of allylic oxidation sites excluding steroid dienone is 2. The zero-order valence-electron chi connectivity index (χ0n) is 16.6. The van der Waals surface area contributed by atoms with Crippen LogP contribution in [0.2, 0.25) is 0 Å². The second-order valence-electron chi connectivity index (χ2n) is 7.24. The highest BCUT2D eigenvalue weighted by molar-refractivity contribution is 6.07. The molecule has 8 heteroatoms. The van der Waals surface area contributed by atoms with Crippen molar-refractivity contribution < 1.29 is 28.7 Å². The van der Waals surface area contributed by atoms with Crippen molar-refractivity contribution in [3.63, 3.8) is 0 Å². The summed E-state index contributed by atoms with van der Waals surface area (Å²) in [5.41, 5.74) is 1.38. The molecule has 0 unspecified atom stereocenters. The van der Waals surface area contributed by atoms with E-state index in [2.05, 4.69) is 5.32 Å². The van der Waals surface area contributed by atoms with Crippen LogP contribution in [-0.2, 0) is 23.9 Å². The maximum Gasteiger partial charge on any atom is 0.326 e. The van der Waals surface area contributed by atoms with Gasteiger partial charge < -0.3 is 14.8 Å². The average Bonchev–Trinajstić information content (AvgIpc) is 2.93. The second kappa shape index (κ2) is 8.46. The summed E-state index contributed by atoms with van der Waals surface area (Å²) in [6.45, 7) is 2.80. The fourth-order valence-electron chi connectivity index (χ4n) is 3.60. The molecule has 8 nitrogen and oxygen atoms in total. The Morgan fingerprint density at radius 2 is 1.79 bits per heavy atom. The van der Waals surface area contributed by atoms with Crippen LogP contribution in [0.1, 0.15) is 25.3 Å². The number of carbonyl (C=O) groups is 4. The molecular formula is C21H24N2O6. The number of nitrogens with one attached hydrogen (secondary N) is 1. The Bertz CT molecular complexity index is 852. The first-order chi connectivity index (χ1) is 13.8. The van der Waals surface area contributed by atoms with Crippen LogP contribution < -0.4 is 10.1 Å². The topological polar surface area (TPSA) is 102 Å². The molecule has 3 atom stereocenters. The normalized spacial score (nSPS) is 21.6. The summed E-state index contributed by atoms with van der Waals surface area (Å²) in [4.78, 5) is 50.4. The summed E-state index contributed by atoms with van der Waals surface area (Å²) in [5, 5.41) is 2.66. The fraction of sp³-hybridized carbons (Fsp3) is 0.429. The SMILES string of the molecule is COc1ccc(C)cc1NC(=O)[C@H](C)OC(=O)CN1C(=O)[C@H]2CC=CC[C@@H]2C1=O. The minimum atomic E-state index is -1.11. The third kappa shape index (κ3) is 4.31. The van der Waals surface area contributed by atoms with Gasteiger partial charge in [-0.25, -0.2) is 0 Å². The van der Waals surface area contributed by atoms with E-state index in [1.807, 2.05) is 25.1 Å². The van der Waals surface area contributed by atoms with Gasteiger partial charge >= 0.3 is 5.97 Å². The lowest BCUT2D eigenvalue weighted by atomic mass is 9.85. The van der Waals surface area contributed by atoms with Crippen LogP contribution in [0.3, 0.4) is 0 Å². The number of likely N-dealkylation sites (tertiary alicyclic amines) is 1. The summed E-state index contributed by atoms with van der Waals surface area (Å²) in [7, 11) is 1.49. The lowest BCUT2D eigenvalue weighted by Gasteiger charge is -2.18. The van der Waals surface area contributed by atoms with Crippen LogP contribution in [-0.4, -0.2) is 48.3 Å². The molecule has 0 bridgehead atoms. The number of amides is 3. The molecule has 2 aliphatic rings. The van der Waals surface area contributed by atoms with Crippen molar-refractivity contribution in [1.82, 2.24) is 4.90 Å². The number of fused-ring (bicyclic) bond motifs is 1. The molecule has 0 radical (unpaired) electrons. The number of hydrogen-bond donors (Lipinski definition) is 1.